The second-order valence-electron chi connectivity index (χ2n) is 9.71. The van der Waals surface area contributed by atoms with E-state index in [1.54, 1.807) is 13.8 Å². The fourth-order valence-corrected chi connectivity index (χ4v) is 4.27. The van der Waals surface area contributed by atoms with Crippen molar-refractivity contribution in [3.05, 3.63) is 29.8 Å². The van der Waals surface area contributed by atoms with Crippen LogP contribution in [0.1, 0.15) is 58.4 Å². The largest absolute Gasteiger partial charge is 0.396 e. The number of aliphatic hydroxyl groups excluding tert-OH is 1. The predicted octanol–water partition coefficient (Wildman–Crippen LogP) is 2.09. The third-order valence-electron chi connectivity index (χ3n) is 6.29. The van der Waals surface area contributed by atoms with E-state index in [-0.39, 0.29) is 24.8 Å². The normalized spacial score (nSPS) is 13.1. The zero-order valence-electron chi connectivity index (χ0n) is 23.8. The molecular formula is C28H45Cl2N5O5. The van der Waals surface area contributed by atoms with Crippen LogP contribution in [0.4, 0.5) is 5.69 Å². The average molecular weight is 603 g/mol. The molecule has 226 valence electrons. The SMILES string of the molecule is C[C@H](NC(=O)CCCc1ccc(N(CCCl)CCCl)cc1)C(=O)N[C@@H](C)C(=O)N[C@@H](C)C(=O)NCCCCCO. The zero-order valence-corrected chi connectivity index (χ0v) is 25.3. The summed E-state index contributed by atoms with van der Waals surface area (Å²) in [4.78, 5) is 51.5. The van der Waals surface area contributed by atoms with E-state index in [0.717, 1.165) is 24.1 Å². The van der Waals surface area contributed by atoms with Crippen LogP contribution in [0.3, 0.4) is 0 Å². The summed E-state index contributed by atoms with van der Waals surface area (Å²) < 4.78 is 0. The van der Waals surface area contributed by atoms with Crippen LogP contribution >= 0.6 is 23.2 Å². The number of nitrogens with zero attached hydrogens (tertiary/aromatic N) is 1. The molecule has 1 rings (SSSR count). The van der Waals surface area contributed by atoms with Crippen molar-refractivity contribution in [2.75, 3.05) is 42.9 Å². The summed E-state index contributed by atoms with van der Waals surface area (Å²) in [5.74, 6) is -0.548. The van der Waals surface area contributed by atoms with Gasteiger partial charge in [-0.25, -0.2) is 0 Å². The van der Waals surface area contributed by atoms with Gasteiger partial charge in [0.1, 0.15) is 18.1 Å². The molecule has 1 aromatic carbocycles. The summed E-state index contributed by atoms with van der Waals surface area (Å²) in [5, 5.41) is 19.3. The van der Waals surface area contributed by atoms with Gasteiger partial charge in [-0.05, 0) is 70.6 Å². The number of alkyl halides is 2. The van der Waals surface area contributed by atoms with Crippen LogP contribution in [0.5, 0.6) is 0 Å². The maximum Gasteiger partial charge on any atom is 0.242 e. The van der Waals surface area contributed by atoms with Gasteiger partial charge in [0.05, 0.1) is 0 Å². The minimum Gasteiger partial charge on any atom is -0.396 e. The number of unbranched alkanes of at least 4 members (excludes halogenated alkanes) is 2. The second kappa shape index (κ2) is 20.3. The van der Waals surface area contributed by atoms with Crippen molar-refractivity contribution in [3.8, 4) is 0 Å². The number of hydrogen-bond donors (Lipinski definition) is 5. The van der Waals surface area contributed by atoms with E-state index in [1.807, 2.05) is 24.3 Å². The highest BCUT2D eigenvalue weighted by Gasteiger charge is 2.23. The highest BCUT2D eigenvalue weighted by molar-refractivity contribution is 6.18. The fraction of sp³-hybridized carbons (Fsp3) is 0.643. The molecule has 0 radical (unpaired) electrons. The highest BCUT2D eigenvalue weighted by Crippen LogP contribution is 2.17. The van der Waals surface area contributed by atoms with Crippen LogP contribution in [0.25, 0.3) is 0 Å². The molecule has 12 heteroatoms. The predicted molar refractivity (Wildman–Crippen MR) is 160 cm³/mol. The molecule has 0 aromatic heterocycles. The number of benzene rings is 1. The molecule has 5 N–H and O–H groups in total. The number of aliphatic hydroxyl groups is 1. The first-order valence-electron chi connectivity index (χ1n) is 13.9. The Hall–Kier alpha value is -2.56. The third kappa shape index (κ3) is 14.2. The Labute approximate surface area is 247 Å². The summed E-state index contributed by atoms with van der Waals surface area (Å²) in [6, 6.07) is 5.60. The fourth-order valence-electron chi connectivity index (χ4n) is 3.87. The number of carbonyl (C=O) groups excluding carboxylic acids is 4. The molecule has 3 atom stereocenters. The quantitative estimate of drug-likeness (QED) is 0.114. The van der Waals surface area contributed by atoms with E-state index in [0.29, 0.717) is 50.7 Å². The molecule has 0 fully saturated rings. The van der Waals surface area contributed by atoms with Crippen LogP contribution in [0, 0.1) is 0 Å². The number of hydrogen-bond acceptors (Lipinski definition) is 6. The molecule has 0 saturated heterocycles. The topological polar surface area (TPSA) is 140 Å². The summed E-state index contributed by atoms with van der Waals surface area (Å²) in [6.45, 7) is 6.63. The lowest BCUT2D eigenvalue weighted by molar-refractivity contribution is -0.133. The maximum absolute atomic E-state index is 12.5. The first kappa shape index (κ1) is 35.5. The number of carbonyl (C=O) groups is 4. The van der Waals surface area contributed by atoms with E-state index < -0.39 is 29.9 Å². The van der Waals surface area contributed by atoms with E-state index >= 15 is 0 Å². The zero-order chi connectivity index (χ0) is 29.9. The molecule has 10 nitrogen and oxygen atoms in total. The molecule has 0 aliphatic heterocycles. The van der Waals surface area contributed by atoms with Crippen LogP contribution in [0.15, 0.2) is 24.3 Å². The molecule has 0 bridgehead atoms. The molecule has 0 heterocycles. The summed E-state index contributed by atoms with van der Waals surface area (Å²) >= 11 is 11.7. The number of rotatable bonds is 20. The number of nitrogens with one attached hydrogen (secondary N) is 4. The monoisotopic (exact) mass is 601 g/mol. The van der Waals surface area contributed by atoms with Crippen molar-refractivity contribution in [2.24, 2.45) is 0 Å². The Morgan fingerprint density at radius 1 is 0.775 bits per heavy atom. The first-order chi connectivity index (χ1) is 19.1. The smallest absolute Gasteiger partial charge is 0.242 e. The van der Waals surface area contributed by atoms with Crippen LogP contribution < -0.4 is 26.2 Å². The molecule has 0 unspecified atom stereocenters. The standard InChI is InChI=1S/C28H45Cl2N5O5/c1-20(26(38)31-16-5-4-6-19-36)33-28(40)22(3)34-27(39)21(2)32-25(37)9-7-8-23-10-12-24(13-11-23)35(17-14-29)18-15-30/h10-13,20-22,36H,4-9,14-19H2,1-3H3,(H,31,38)(H,32,37)(H,33,40)(H,34,39)/t20-,21-,22-/m0/s1. The summed E-state index contributed by atoms with van der Waals surface area (Å²) in [5.41, 5.74) is 2.15. The lowest BCUT2D eigenvalue weighted by Crippen LogP contribution is -2.54. The van der Waals surface area contributed by atoms with Crippen molar-refractivity contribution >= 4 is 52.5 Å². The maximum atomic E-state index is 12.5. The van der Waals surface area contributed by atoms with Crippen molar-refractivity contribution in [2.45, 2.75) is 77.4 Å². The molecule has 4 amide bonds. The molecular weight excluding hydrogens is 557 g/mol. The minimum absolute atomic E-state index is 0.118. The minimum atomic E-state index is -0.889. The Morgan fingerprint density at radius 2 is 1.32 bits per heavy atom. The van der Waals surface area contributed by atoms with E-state index in [4.69, 9.17) is 28.3 Å². The molecule has 0 saturated carbocycles. The van der Waals surface area contributed by atoms with E-state index in [1.165, 1.54) is 6.92 Å². The molecule has 0 spiro atoms. The van der Waals surface area contributed by atoms with Crippen LogP contribution in [-0.4, -0.2) is 84.9 Å². The number of aryl methyl sites for hydroxylation is 1. The van der Waals surface area contributed by atoms with Gasteiger partial charge in [0.2, 0.25) is 23.6 Å². The van der Waals surface area contributed by atoms with Crippen LogP contribution in [0.2, 0.25) is 0 Å². The van der Waals surface area contributed by atoms with Crippen molar-refractivity contribution in [1.29, 1.82) is 0 Å². The Morgan fingerprint density at radius 3 is 1.88 bits per heavy atom. The molecule has 40 heavy (non-hydrogen) atoms. The molecule has 0 aliphatic carbocycles. The highest BCUT2D eigenvalue weighted by atomic mass is 35.5. The molecule has 1 aromatic rings. The first-order valence-corrected chi connectivity index (χ1v) is 14.9. The lowest BCUT2D eigenvalue weighted by atomic mass is 10.1. The number of anilines is 1. The van der Waals surface area contributed by atoms with Gasteiger partial charge in [0.25, 0.3) is 0 Å². The third-order valence-corrected chi connectivity index (χ3v) is 6.63. The van der Waals surface area contributed by atoms with Gasteiger partial charge >= 0.3 is 0 Å². The number of amides is 4. The van der Waals surface area contributed by atoms with Gasteiger partial charge < -0.3 is 31.3 Å². The van der Waals surface area contributed by atoms with Crippen molar-refractivity contribution in [1.82, 2.24) is 21.3 Å². The number of halogens is 2. The van der Waals surface area contributed by atoms with Crippen molar-refractivity contribution in [3.63, 3.8) is 0 Å². The van der Waals surface area contributed by atoms with Crippen LogP contribution in [-0.2, 0) is 25.6 Å². The lowest BCUT2D eigenvalue weighted by Gasteiger charge is -2.23. The Kier molecular flexibility index (Phi) is 18.0. The van der Waals surface area contributed by atoms with Gasteiger partial charge in [-0.1, -0.05) is 12.1 Å². The summed E-state index contributed by atoms with van der Waals surface area (Å²) in [6.07, 6.45) is 3.80. The Balaban J connectivity index is 2.37. The van der Waals surface area contributed by atoms with Gasteiger partial charge in [0.15, 0.2) is 0 Å². The molecule has 0 aliphatic rings. The van der Waals surface area contributed by atoms with Gasteiger partial charge in [-0.15, -0.1) is 23.2 Å². The van der Waals surface area contributed by atoms with Gasteiger partial charge in [-0.3, -0.25) is 19.2 Å². The van der Waals surface area contributed by atoms with Gasteiger partial charge in [0, 0.05) is 50.1 Å². The second-order valence-corrected chi connectivity index (χ2v) is 10.5. The van der Waals surface area contributed by atoms with E-state index in [2.05, 4.69) is 26.2 Å². The van der Waals surface area contributed by atoms with Gasteiger partial charge in [-0.2, -0.15) is 0 Å². The van der Waals surface area contributed by atoms with E-state index in [9.17, 15) is 19.2 Å². The average Bonchev–Trinajstić information content (AvgIpc) is 2.92. The van der Waals surface area contributed by atoms with Crippen molar-refractivity contribution < 1.29 is 24.3 Å². The Bertz CT molecular complexity index is 913. The summed E-state index contributed by atoms with van der Waals surface area (Å²) in [7, 11) is 0.